The van der Waals surface area contributed by atoms with Crippen molar-refractivity contribution in [3.63, 3.8) is 0 Å². The molecule has 2 fully saturated rings. The van der Waals surface area contributed by atoms with Gasteiger partial charge < -0.3 is 11.1 Å². The fourth-order valence-corrected chi connectivity index (χ4v) is 4.64. The third-order valence-electron chi connectivity index (χ3n) is 5.77. The number of hydrogen-bond acceptors (Lipinski definition) is 3. The van der Waals surface area contributed by atoms with Crippen LogP contribution in [0.3, 0.4) is 0 Å². The van der Waals surface area contributed by atoms with E-state index in [0.29, 0.717) is 30.3 Å². The Morgan fingerprint density at radius 2 is 1.88 bits per heavy atom. The fourth-order valence-electron chi connectivity index (χ4n) is 4.64. The smallest absolute Gasteiger partial charge is 0.224 e. The van der Waals surface area contributed by atoms with Gasteiger partial charge in [0.05, 0.1) is 12.1 Å². The maximum absolute atomic E-state index is 12.5. The lowest BCUT2D eigenvalue weighted by molar-refractivity contribution is -0.122. The van der Waals surface area contributed by atoms with E-state index < -0.39 is 0 Å². The molecule has 26 heavy (non-hydrogen) atoms. The van der Waals surface area contributed by atoms with Crippen LogP contribution in [0, 0.1) is 11.8 Å². The van der Waals surface area contributed by atoms with Crippen molar-refractivity contribution in [3.05, 3.63) is 48.3 Å². The zero-order valence-electron chi connectivity index (χ0n) is 14.9. The number of nitrogens with zero attached hydrogens (tertiary/aromatic N) is 2. The van der Waals surface area contributed by atoms with Gasteiger partial charge in [0.25, 0.3) is 0 Å². The van der Waals surface area contributed by atoms with Crippen molar-refractivity contribution in [1.29, 1.82) is 0 Å². The van der Waals surface area contributed by atoms with E-state index in [1.54, 1.807) is 6.20 Å². The van der Waals surface area contributed by atoms with Crippen LogP contribution in [-0.4, -0.2) is 27.8 Å². The van der Waals surface area contributed by atoms with Crippen LogP contribution < -0.4 is 11.1 Å². The molecular formula is C20H27ClN4O. The van der Waals surface area contributed by atoms with E-state index in [1.807, 2.05) is 41.2 Å². The molecule has 1 amide bonds. The second kappa shape index (κ2) is 8.23. The van der Waals surface area contributed by atoms with E-state index in [4.69, 9.17) is 5.73 Å². The summed E-state index contributed by atoms with van der Waals surface area (Å²) in [7, 11) is 0. The first-order valence-electron chi connectivity index (χ1n) is 9.33. The van der Waals surface area contributed by atoms with Crippen molar-refractivity contribution in [2.24, 2.45) is 17.6 Å². The number of amides is 1. The van der Waals surface area contributed by atoms with E-state index in [-0.39, 0.29) is 18.3 Å². The Hall–Kier alpha value is -1.85. The molecule has 1 aromatic carbocycles. The minimum Gasteiger partial charge on any atom is -0.353 e. The van der Waals surface area contributed by atoms with Crippen molar-refractivity contribution in [2.75, 3.05) is 0 Å². The van der Waals surface area contributed by atoms with Crippen LogP contribution >= 0.6 is 12.4 Å². The molecule has 2 saturated carbocycles. The van der Waals surface area contributed by atoms with Gasteiger partial charge in [-0.05, 0) is 61.3 Å². The summed E-state index contributed by atoms with van der Waals surface area (Å²) in [5.41, 5.74) is 8.21. The average Bonchev–Trinajstić information content (AvgIpc) is 3.11. The molecule has 2 bridgehead atoms. The maximum Gasteiger partial charge on any atom is 0.224 e. The molecule has 0 radical (unpaired) electrons. The lowest BCUT2D eigenvalue weighted by atomic mass is 9.67. The highest BCUT2D eigenvalue weighted by Crippen LogP contribution is 2.39. The molecule has 4 rings (SSSR count). The van der Waals surface area contributed by atoms with E-state index in [1.165, 1.54) is 19.3 Å². The first kappa shape index (κ1) is 18.9. The standard InChI is InChI=1S/C20H26N4O.ClH/c21-17-12-15-3-1-4-16(13-17)20(15)23-19(25)11-14-5-7-18(8-6-14)24-10-2-9-22-24;/h2,5-10,15-17,20H,1,3-4,11-13,21H2,(H,23,25);1H. The summed E-state index contributed by atoms with van der Waals surface area (Å²) >= 11 is 0. The third-order valence-corrected chi connectivity index (χ3v) is 5.77. The van der Waals surface area contributed by atoms with E-state index >= 15 is 0 Å². The number of benzene rings is 1. The second-order valence-corrected chi connectivity index (χ2v) is 7.57. The van der Waals surface area contributed by atoms with Gasteiger partial charge in [0.15, 0.2) is 0 Å². The highest BCUT2D eigenvalue weighted by atomic mass is 35.5. The lowest BCUT2D eigenvalue weighted by Crippen LogP contribution is -2.54. The molecule has 1 aromatic heterocycles. The number of rotatable bonds is 4. The van der Waals surface area contributed by atoms with Crippen LogP contribution in [-0.2, 0) is 11.2 Å². The SMILES string of the molecule is Cl.NC1CC2CCCC(C1)C2NC(=O)Cc1ccc(-n2cccn2)cc1. The Balaban J connectivity index is 0.00000196. The topological polar surface area (TPSA) is 72.9 Å². The summed E-state index contributed by atoms with van der Waals surface area (Å²) in [6.45, 7) is 0. The van der Waals surface area contributed by atoms with Crippen LogP contribution in [0.25, 0.3) is 5.69 Å². The molecule has 2 aliphatic rings. The quantitative estimate of drug-likeness (QED) is 0.864. The number of carbonyl (C=O) groups excluding carboxylic acids is 1. The highest BCUT2D eigenvalue weighted by Gasteiger charge is 2.39. The zero-order valence-corrected chi connectivity index (χ0v) is 15.7. The number of halogens is 1. The van der Waals surface area contributed by atoms with Gasteiger partial charge in [-0.2, -0.15) is 5.10 Å². The van der Waals surface area contributed by atoms with Gasteiger partial charge in [0.2, 0.25) is 5.91 Å². The molecule has 2 aliphatic carbocycles. The Bertz CT molecular complexity index is 702. The number of hydrogen-bond donors (Lipinski definition) is 2. The Morgan fingerprint density at radius 3 is 2.50 bits per heavy atom. The second-order valence-electron chi connectivity index (χ2n) is 7.57. The molecule has 2 aromatic rings. The monoisotopic (exact) mass is 374 g/mol. The first-order chi connectivity index (χ1) is 12.2. The summed E-state index contributed by atoms with van der Waals surface area (Å²) in [6, 6.07) is 10.6. The van der Waals surface area contributed by atoms with Crippen molar-refractivity contribution in [2.45, 2.75) is 50.6 Å². The molecule has 0 saturated heterocycles. The van der Waals surface area contributed by atoms with Crippen molar-refractivity contribution >= 4 is 18.3 Å². The van der Waals surface area contributed by atoms with Gasteiger partial charge in [-0.3, -0.25) is 4.79 Å². The average molecular weight is 375 g/mol. The predicted octanol–water partition coefficient (Wildman–Crippen LogP) is 2.86. The summed E-state index contributed by atoms with van der Waals surface area (Å²) < 4.78 is 1.82. The van der Waals surface area contributed by atoms with Gasteiger partial charge >= 0.3 is 0 Å². The van der Waals surface area contributed by atoms with Crippen LogP contribution in [0.1, 0.15) is 37.7 Å². The van der Waals surface area contributed by atoms with Crippen LogP contribution in [0.2, 0.25) is 0 Å². The highest BCUT2D eigenvalue weighted by molar-refractivity contribution is 5.85. The van der Waals surface area contributed by atoms with Gasteiger partial charge in [0.1, 0.15) is 0 Å². The number of fused-ring (bicyclic) bond motifs is 2. The molecule has 1 heterocycles. The molecule has 0 aliphatic heterocycles. The summed E-state index contributed by atoms with van der Waals surface area (Å²) in [6.07, 6.45) is 9.90. The number of aromatic nitrogens is 2. The Morgan fingerprint density at radius 1 is 1.19 bits per heavy atom. The minimum atomic E-state index is 0. The van der Waals surface area contributed by atoms with Crippen LogP contribution in [0.15, 0.2) is 42.7 Å². The van der Waals surface area contributed by atoms with Gasteiger partial charge in [0, 0.05) is 24.5 Å². The number of carbonyl (C=O) groups is 1. The minimum absolute atomic E-state index is 0. The predicted molar refractivity (Wildman–Crippen MR) is 104 cm³/mol. The number of nitrogens with one attached hydrogen (secondary N) is 1. The van der Waals surface area contributed by atoms with E-state index in [0.717, 1.165) is 24.1 Å². The van der Waals surface area contributed by atoms with Gasteiger partial charge in [-0.1, -0.05) is 18.6 Å². The summed E-state index contributed by atoms with van der Waals surface area (Å²) in [4.78, 5) is 12.5. The largest absolute Gasteiger partial charge is 0.353 e. The van der Waals surface area contributed by atoms with Crippen molar-refractivity contribution < 1.29 is 4.79 Å². The zero-order chi connectivity index (χ0) is 17.2. The molecule has 2 atom stereocenters. The van der Waals surface area contributed by atoms with E-state index in [9.17, 15) is 4.79 Å². The number of nitrogens with two attached hydrogens (primary N) is 1. The molecular weight excluding hydrogens is 348 g/mol. The molecule has 3 N–H and O–H groups in total. The normalized spacial score (nSPS) is 27.4. The maximum atomic E-state index is 12.5. The third kappa shape index (κ3) is 4.10. The Kier molecular flexibility index (Phi) is 5.99. The molecule has 140 valence electrons. The molecule has 2 unspecified atom stereocenters. The van der Waals surface area contributed by atoms with E-state index in [2.05, 4.69) is 10.4 Å². The van der Waals surface area contributed by atoms with Crippen molar-refractivity contribution in [3.8, 4) is 5.69 Å². The summed E-state index contributed by atoms with van der Waals surface area (Å²) in [5, 5.41) is 7.54. The summed E-state index contributed by atoms with van der Waals surface area (Å²) in [5.74, 6) is 1.26. The lowest BCUT2D eigenvalue weighted by Gasteiger charge is -2.45. The van der Waals surface area contributed by atoms with Crippen LogP contribution in [0.4, 0.5) is 0 Å². The molecule has 6 heteroatoms. The Labute approximate surface area is 160 Å². The molecule has 5 nitrogen and oxygen atoms in total. The van der Waals surface area contributed by atoms with Gasteiger partial charge in [-0.25, -0.2) is 4.68 Å². The first-order valence-corrected chi connectivity index (χ1v) is 9.33. The van der Waals surface area contributed by atoms with Gasteiger partial charge in [-0.15, -0.1) is 12.4 Å². The van der Waals surface area contributed by atoms with Crippen LogP contribution in [0.5, 0.6) is 0 Å². The molecule has 0 spiro atoms. The van der Waals surface area contributed by atoms with Crippen molar-refractivity contribution in [1.82, 2.24) is 15.1 Å². The fraction of sp³-hybridized carbons (Fsp3) is 0.500.